The number of thioether (sulfide) groups is 1. The molecule has 2 atom stereocenters. The van der Waals surface area contributed by atoms with Gasteiger partial charge in [0.2, 0.25) is 5.91 Å². The second-order valence-corrected chi connectivity index (χ2v) is 7.83. The van der Waals surface area contributed by atoms with Crippen LogP contribution in [0.2, 0.25) is 0 Å². The Morgan fingerprint density at radius 1 is 1.25 bits per heavy atom. The zero-order valence-electron chi connectivity index (χ0n) is 14.6. The van der Waals surface area contributed by atoms with Crippen LogP contribution in [0.5, 0.6) is 0 Å². The van der Waals surface area contributed by atoms with E-state index in [4.69, 9.17) is 0 Å². The summed E-state index contributed by atoms with van der Waals surface area (Å²) in [5, 5.41) is 5.72. The third-order valence-electron chi connectivity index (χ3n) is 4.33. The molecular formula is C18H27N3O2S. The Morgan fingerprint density at radius 3 is 2.62 bits per heavy atom. The zero-order valence-corrected chi connectivity index (χ0v) is 15.4. The van der Waals surface area contributed by atoms with E-state index in [2.05, 4.69) is 29.4 Å². The van der Waals surface area contributed by atoms with Crippen LogP contribution in [0.3, 0.4) is 0 Å². The van der Waals surface area contributed by atoms with E-state index < -0.39 is 6.03 Å². The van der Waals surface area contributed by atoms with Crippen LogP contribution in [0.15, 0.2) is 30.3 Å². The van der Waals surface area contributed by atoms with E-state index in [0.717, 1.165) is 24.4 Å². The summed E-state index contributed by atoms with van der Waals surface area (Å²) in [5.74, 6) is 1.37. The smallest absolute Gasteiger partial charge is 0.321 e. The summed E-state index contributed by atoms with van der Waals surface area (Å²) in [6.45, 7) is 8.47. The molecule has 0 spiro atoms. The number of imide groups is 1. The van der Waals surface area contributed by atoms with Crippen LogP contribution in [-0.2, 0) is 11.3 Å². The van der Waals surface area contributed by atoms with Crippen molar-refractivity contribution in [3.8, 4) is 0 Å². The van der Waals surface area contributed by atoms with E-state index in [-0.39, 0.29) is 11.9 Å². The first-order valence-electron chi connectivity index (χ1n) is 8.45. The van der Waals surface area contributed by atoms with Gasteiger partial charge in [0.25, 0.3) is 0 Å². The predicted octanol–water partition coefficient (Wildman–Crippen LogP) is 2.47. The lowest BCUT2D eigenvalue weighted by molar-refractivity contribution is -0.124. The monoisotopic (exact) mass is 349 g/mol. The molecule has 0 aliphatic carbocycles. The first kappa shape index (κ1) is 18.8. The van der Waals surface area contributed by atoms with Gasteiger partial charge >= 0.3 is 6.03 Å². The van der Waals surface area contributed by atoms with Gasteiger partial charge in [-0.25, -0.2) is 4.79 Å². The quantitative estimate of drug-likeness (QED) is 0.857. The maximum absolute atomic E-state index is 12.3. The zero-order chi connectivity index (χ0) is 17.5. The highest BCUT2D eigenvalue weighted by atomic mass is 32.2. The molecule has 1 aromatic carbocycles. The van der Waals surface area contributed by atoms with Crippen molar-refractivity contribution in [2.75, 3.05) is 18.8 Å². The fourth-order valence-electron chi connectivity index (χ4n) is 2.66. The molecule has 6 heteroatoms. The minimum Gasteiger partial charge on any atom is -0.334 e. The number of nitrogens with one attached hydrogen (secondary N) is 2. The molecule has 1 aromatic rings. The second-order valence-electron chi connectivity index (χ2n) is 6.48. The van der Waals surface area contributed by atoms with E-state index in [1.54, 1.807) is 0 Å². The third kappa shape index (κ3) is 5.53. The van der Waals surface area contributed by atoms with Crippen molar-refractivity contribution in [1.82, 2.24) is 15.5 Å². The molecule has 0 radical (unpaired) electrons. The molecule has 24 heavy (non-hydrogen) atoms. The van der Waals surface area contributed by atoms with Crippen molar-refractivity contribution in [2.24, 2.45) is 5.92 Å². The molecule has 1 heterocycles. The van der Waals surface area contributed by atoms with E-state index in [1.807, 2.05) is 49.0 Å². The molecule has 1 fully saturated rings. The Morgan fingerprint density at radius 2 is 1.96 bits per heavy atom. The number of hydrogen-bond donors (Lipinski definition) is 2. The minimum atomic E-state index is -0.442. The van der Waals surface area contributed by atoms with Gasteiger partial charge in [0, 0.05) is 30.6 Å². The highest BCUT2D eigenvalue weighted by molar-refractivity contribution is 8.00. The maximum atomic E-state index is 12.3. The summed E-state index contributed by atoms with van der Waals surface area (Å²) >= 11 is 1.97. The van der Waals surface area contributed by atoms with Crippen LogP contribution in [-0.4, -0.2) is 47.0 Å². The van der Waals surface area contributed by atoms with Gasteiger partial charge in [0.05, 0.1) is 6.04 Å². The lowest BCUT2D eigenvalue weighted by atomic mass is 10.1. The van der Waals surface area contributed by atoms with E-state index in [9.17, 15) is 9.59 Å². The van der Waals surface area contributed by atoms with Crippen molar-refractivity contribution in [3.05, 3.63) is 35.9 Å². The highest BCUT2D eigenvalue weighted by Gasteiger charge is 2.29. The van der Waals surface area contributed by atoms with Crippen LogP contribution in [0.4, 0.5) is 4.79 Å². The van der Waals surface area contributed by atoms with Crippen molar-refractivity contribution >= 4 is 23.7 Å². The van der Waals surface area contributed by atoms with Gasteiger partial charge in [0.15, 0.2) is 0 Å². The van der Waals surface area contributed by atoms with Crippen LogP contribution in [0, 0.1) is 5.92 Å². The largest absolute Gasteiger partial charge is 0.334 e. The standard InChI is InChI=1S/C18H27N3O2S/c1-13(2)16-12-21(9-10-24-16)14(3)17(22)20-18(23)19-11-15-7-5-4-6-8-15/h4-8,13-14,16H,9-12H2,1-3H3,(H2,19,20,22,23)/t14-,16-/m0/s1. The molecule has 5 nitrogen and oxygen atoms in total. The Kier molecular flexibility index (Phi) is 7.12. The predicted molar refractivity (Wildman–Crippen MR) is 98.9 cm³/mol. The molecule has 0 aromatic heterocycles. The number of carbonyl (C=O) groups is 2. The number of nitrogens with zero attached hydrogens (tertiary/aromatic N) is 1. The number of hydrogen-bond acceptors (Lipinski definition) is 4. The molecule has 1 aliphatic rings. The Balaban J connectivity index is 1.79. The number of urea groups is 1. The maximum Gasteiger partial charge on any atom is 0.321 e. The van der Waals surface area contributed by atoms with Crippen molar-refractivity contribution in [2.45, 2.75) is 38.6 Å². The average Bonchev–Trinajstić information content (AvgIpc) is 2.60. The van der Waals surface area contributed by atoms with Gasteiger partial charge in [0.1, 0.15) is 0 Å². The fraction of sp³-hybridized carbons (Fsp3) is 0.556. The average molecular weight is 350 g/mol. The molecule has 0 saturated carbocycles. The van der Waals surface area contributed by atoms with Crippen LogP contribution in [0.25, 0.3) is 0 Å². The summed E-state index contributed by atoms with van der Waals surface area (Å²) in [6.07, 6.45) is 0. The first-order chi connectivity index (χ1) is 11.5. The molecule has 0 unspecified atom stereocenters. The minimum absolute atomic E-state index is 0.241. The second kappa shape index (κ2) is 9.08. The number of amides is 3. The molecule has 0 bridgehead atoms. The number of carbonyl (C=O) groups excluding carboxylic acids is 2. The Bertz CT molecular complexity index is 550. The summed E-state index contributed by atoms with van der Waals surface area (Å²) in [7, 11) is 0. The Hall–Kier alpha value is -1.53. The summed E-state index contributed by atoms with van der Waals surface area (Å²) < 4.78 is 0. The van der Waals surface area contributed by atoms with Gasteiger partial charge in [-0.2, -0.15) is 11.8 Å². The van der Waals surface area contributed by atoms with Gasteiger partial charge in [-0.05, 0) is 18.4 Å². The van der Waals surface area contributed by atoms with Gasteiger partial charge < -0.3 is 5.32 Å². The van der Waals surface area contributed by atoms with E-state index in [0.29, 0.717) is 17.7 Å². The normalized spacial score (nSPS) is 19.8. The molecule has 3 amide bonds. The lowest BCUT2D eigenvalue weighted by Gasteiger charge is -2.37. The van der Waals surface area contributed by atoms with Crippen molar-refractivity contribution < 1.29 is 9.59 Å². The fourth-order valence-corrected chi connectivity index (χ4v) is 3.98. The van der Waals surface area contributed by atoms with Crippen molar-refractivity contribution in [3.63, 3.8) is 0 Å². The van der Waals surface area contributed by atoms with E-state index >= 15 is 0 Å². The van der Waals surface area contributed by atoms with Gasteiger partial charge in [-0.15, -0.1) is 0 Å². The molecule has 2 N–H and O–H groups in total. The molecule has 1 saturated heterocycles. The molecule has 132 valence electrons. The van der Waals surface area contributed by atoms with Gasteiger partial charge in [-0.3, -0.25) is 15.0 Å². The lowest BCUT2D eigenvalue weighted by Crippen LogP contribution is -2.53. The number of benzene rings is 1. The number of rotatable bonds is 5. The molecular weight excluding hydrogens is 322 g/mol. The van der Waals surface area contributed by atoms with Gasteiger partial charge in [-0.1, -0.05) is 44.2 Å². The van der Waals surface area contributed by atoms with E-state index in [1.165, 1.54) is 0 Å². The van der Waals surface area contributed by atoms with Crippen LogP contribution >= 0.6 is 11.8 Å². The van der Waals surface area contributed by atoms with Crippen LogP contribution in [0.1, 0.15) is 26.3 Å². The SMILES string of the molecule is CC(C)[C@@H]1CN([C@@H](C)C(=O)NC(=O)NCc2ccccc2)CCS1. The summed E-state index contributed by atoms with van der Waals surface area (Å²) in [6, 6.07) is 8.89. The third-order valence-corrected chi connectivity index (χ3v) is 5.87. The Labute approximate surface area is 148 Å². The highest BCUT2D eigenvalue weighted by Crippen LogP contribution is 2.25. The summed E-state index contributed by atoms with van der Waals surface area (Å²) in [4.78, 5) is 26.4. The topological polar surface area (TPSA) is 61.4 Å². The molecule has 1 aliphatic heterocycles. The molecule has 2 rings (SSSR count). The first-order valence-corrected chi connectivity index (χ1v) is 9.50. The van der Waals surface area contributed by atoms with Crippen LogP contribution < -0.4 is 10.6 Å². The summed E-state index contributed by atoms with van der Waals surface area (Å²) in [5.41, 5.74) is 1.00. The van der Waals surface area contributed by atoms with Crippen molar-refractivity contribution in [1.29, 1.82) is 0 Å².